The zero-order chi connectivity index (χ0) is 16.3. The highest BCUT2D eigenvalue weighted by molar-refractivity contribution is 7.92. The van der Waals surface area contributed by atoms with Gasteiger partial charge in [-0.25, -0.2) is 22.8 Å². The first-order valence-corrected chi connectivity index (χ1v) is 7.67. The van der Waals surface area contributed by atoms with Crippen LogP contribution in [0.4, 0.5) is 16.0 Å². The van der Waals surface area contributed by atoms with Crippen molar-refractivity contribution in [2.45, 2.75) is 4.90 Å². The molecule has 2 aromatic rings. The van der Waals surface area contributed by atoms with Gasteiger partial charge in [0, 0.05) is 14.1 Å². The Labute approximate surface area is 127 Å². The number of halogens is 1. The van der Waals surface area contributed by atoms with Crippen molar-refractivity contribution in [3.8, 4) is 5.75 Å². The summed E-state index contributed by atoms with van der Waals surface area (Å²) in [5.41, 5.74) is 0.164. The van der Waals surface area contributed by atoms with Gasteiger partial charge in [-0.05, 0) is 18.2 Å². The van der Waals surface area contributed by atoms with Gasteiger partial charge in [-0.2, -0.15) is 0 Å². The third-order valence-corrected chi connectivity index (χ3v) is 4.11. The molecule has 0 unspecified atom stereocenters. The van der Waals surface area contributed by atoms with Crippen LogP contribution in [-0.4, -0.2) is 39.6 Å². The molecule has 0 spiro atoms. The van der Waals surface area contributed by atoms with E-state index in [-0.39, 0.29) is 16.3 Å². The van der Waals surface area contributed by atoms with Crippen molar-refractivity contribution in [2.24, 2.45) is 0 Å². The summed E-state index contributed by atoms with van der Waals surface area (Å²) in [5.74, 6) is -0.202. The van der Waals surface area contributed by atoms with Crippen molar-refractivity contribution in [1.29, 1.82) is 0 Å². The summed E-state index contributed by atoms with van der Waals surface area (Å²) >= 11 is 0. The molecule has 0 fully saturated rings. The summed E-state index contributed by atoms with van der Waals surface area (Å²) in [4.78, 5) is 9.37. The Bertz CT molecular complexity index is 763. The summed E-state index contributed by atoms with van der Waals surface area (Å²) in [6.45, 7) is 0. The molecule has 1 aromatic heterocycles. The molecule has 7 nitrogen and oxygen atoms in total. The molecule has 0 aliphatic carbocycles. The molecule has 0 atom stereocenters. The van der Waals surface area contributed by atoms with Gasteiger partial charge in [0.1, 0.15) is 16.5 Å². The summed E-state index contributed by atoms with van der Waals surface area (Å²) in [5, 5.41) is 0. The first-order valence-electron chi connectivity index (χ1n) is 6.19. The maximum atomic E-state index is 13.3. The number of rotatable bonds is 5. The first kappa shape index (κ1) is 16.0. The molecule has 22 heavy (non-hydrogen) atoms. The number of ether oxygens (including phenoxy) is 1. The van der Waals surface area contributed by atoms with E-state index in [0.717, 1.165) is 12.1 Å². The van der Waals surface area contributed by atoms with Crippen LogP contribution in [0, 0.1) is 5.82 Å². The average molecular weight is 326 g/mol. The first-order chi connectivity index (χ1) is 10.3. The van der Waals surface area contributed by atoms with Gasteiger partial charge in [-0.15, -0.1) is 0 Å². The van der Waals surface area contributed by atoms with Crippen LogP contribution < -0.4 is 14.4 Å². The average Bonchev–Trinajstić information content (AvgIpc) is 2.47. The van der Waals surface area contributed by atoms with E-state index >= 15 is 0 Å². The number of hydrogen-bond donors (Lipinski definition) is 1. The molecule has 118 valence electrons. The van der Waals surface area contributed by atoms with Gasteiger partial charge < -0.3 is 9.64 Å². The van der Waals surface area contributed by atoms with Gasteiger partial charge in [0.15, 0.2) is 0 Å². The highest BCUT2D eigenvalue weighted by Crippen LogP contribution is 2.26. The highest BCUT2D eigenvalue weighted by Gasteiger charge is 2.21. The van der Waals surface area contributed by atoms with Gasteiger partial charge in [0.25, 0.3) is 10.0 Å². The lowest BCUT2D eigenvalue weighted by molar-refractivity contribution is 0.401. The maximum Gasteiger partial charge on any atom is 0.265 e. The summed E-state index contributed by atoms with van der Waals surface area (Å²) in [7, 11) is 0.808. The number of nitrogens with one attached hydrogen (secondary N) is 1. The molecule has 1 aromatic carbocycles. The number of aromatic nitrogens is 2. The fraction of sp³-hybridized carbons (Fsp3) is 0.231. The van der Waals surface area contributed by atoms with Crippen LogP contribution in [0.5, 0.6) is 5.75 Å². The molecule has 9 heteroatoms. The molecule has 0 saturated heterocycles. The van der Waals surface area contributed by atoms with Gasteiger partial charge >= 0.3 is 0 Å². The summed E-state index contributed by atoms with van der Waals surface area (Å²) < 4.78 is 45.2. The molecule has 1 N–H and O–H groups in total. The largest absolute Gasteiger partial charge is 0.495 e. The monoisotopic (exact) mass is 326 g/mol. The van der Waals surface area contributed by atoms with Gasteiger partial charge in [0.2, 0.25) is 5.95 Å². The summed E-state index contributed by atoms with van der Waals surface area (Å²) in [6, 6.07) is 3.25. The summed E-state index contributed by atoms with van der Waals surface area (Å²) in [6.07, 6.45) is 2.65. The van der Waals surface area contributed by atoms with E-state index in [1.807, 2.05) is 0 Å². The molecule has 0 bridgehead atoms. The predicted molar refractivity (Wildman–Crippen MR) is 80.1 cm³/mol. The van der Waals surface area contributed by atoms with E-state index in [1.165, 1.54) is 25.6 Å². The minimum absolute atomic E-state index is 0.0414. The molecule has 0 saturated carbocycles. The van der Waals surface area contributed by atoms with Crippen LogP contribution in [0.3, 0.4) is 0 Å². The molecule has 1 heterocycles. The number of anilines is 2. The Morgan fingerprint density at radius 3 is 2.41 bits per heavy atom. The molecule has 0 aliphatic rings. The lowest BCUT2D eigenvalue weighted by Crippen LogP contribution is -2.16. The van der Waals surface area contributed by atoms with E-state index in [9.17, 15) is 12.8 Å². The van der Waals surface area contributed by atoms with Crippen molar-refractivity contribution in [3.05, 3.63) is 36.4 Å². The topological polar surface area (TPSA) is 84.4 Å². The molecule has 0 aliphatic heterocycles. The number of nitrogens with zero attached hydrogens (tertiary/aromatic N) is 3. The normalized spacial score (nSPS) is 11.1. The van der Waals surface area contributed by atoms with Crippen LogP contribution in [0.1, 0.15) is 0 Å². The van der Waals surface area contributed by atoms with Crippen molar-refractivity contribution < 1.29 is 17.5 Å². The number of benzene rings is 1. The quantitative estimate of drug-likeness (QED) is 0.896. The van der Waals surface area contributed by atoms with Crippen molar-refractivity contribution >= 4 is 21.7 Å². The molecule has 2 rings (SSSR count). The maximum absolute atomic E-state index is 13.3. The number of hydrogen-bond acceptors (Lipinski definition) is 6. The number of methoxy groups -OCH3 is 1. The Morgan fingerprint density at radius 2 is 1.86 bits per heavy atom. The van der Waals surface area contributed by atoms with E-state index in [0.29, 0.717) is 5.95 Å². The Morgan fingerprint density at radius 1 is 1.23 bits per heavy atom. The lowest BCUT2D eigenvalue weighted by atomic mass is 10.3. The lowest BCUT2D eigenvalue weighted by Gasteiger charge is -2.13. The van der Waals surface area contributed by atoms with Crippen molar-refractivity contribution in [3.63, 3.8) is 0 Å². The zero-order valence-corrected chi connectivity index (χ0v) is 13.1. The number of sulfonamides is 1. The van der Waals surface area contributed by atoms with E-state index in [2.05, 4.69) is 14.7 Å². The second-order valence-electron chi connectivity index (χ2n) is 4.57. The smallest absolute Gasteiger partial charge is 0.265 e. The molecule has 0 amide bonds. The van der Waals surface area contributed by atoms with Crippen LogP contribution in [0.15, 0.2) is 35.5 Å². The zero-order valence-electron chi connectivity index (χ0n) is 12.2. The third kappa shape index (κ3) is 3.42. The fourth-order valence-electron chi connectivity index (χ4n) is 1.68. The molecular formula is C13H15FN4O3S. The Kier molecular flexibility index (Phi) is 4.45. The molecule has 0 radical (unpaired) electrons. The van der Waals surface area contributed by atoms with Crippen molar-refractivity contribution in [2.75, 3.05) is 30.8 Å². The van der Waals surface area contributed by atoms with Crippen LogP contribution in [-0.2, 0) is 10.0 Å². The fourth-order valence-corrected chi connectivity index (χ4v) is 2.89. The van der Waals surface area contributed by atoms with E-state index in [1.54, 1.807) is 19.0 Å². The van der Waals surface area contributed by atoms with Gasteiger partial charge in [-0.1, -0.05) is 0 Å². The standard InChI is InChI=1S/C13H15FN4O3S/c1-18(2)13-15-7-10(8-16-13)17-22(19,20)12-6-9(14)4-5-11(12)21-3/h4-8,17H,1-3H3. The second-order valence-corrected chi connectivity index (χ2v) is 6.22. The van der Waals surface area contributed by atoms with E-state index < -0.39 is 15.8 Å². The third-order valence-electron chi connectivity index (χ3n) is 2.71. The van der Waals surface area contributed by atoms with Gasteiger partial charge in [-0.3, -0.25) is 4.72 Å². The van der Waals surface area contributed by atoms with Crippen LogP contribution in [0.2, 0.25) is 0 Å². The Balaban J connectivity index is 2.33. The molecular weight excluding hydrogens is 311 g/mol. The Hall–Kier alpha value is -2.42. The van der Waals surface area contributed by atoms with Crippen molar-refractivity contribution in [1.82, 2.24) is 9.97 Å². The SMILES string of the molecule is COc1ccc(F)cc1S(=O)(=O)Nc1cnc(N(C)C)nc1. The van der Waals surface area contributed by atoms with E-state index in [4.69, 9.17) is 4.74 Å². The predicted octanol–water partition coefficient (Wildman–Crippen LogP) is 1.49. The minimum Gasteiger partial charge on any atom is -0.495 e. The second kappa shape index (κ2) is 6.14. The van der Waals surface area contributed by atoms with Gasteiger partial charge in [0.05, 0.1) is 25.2 Å². The highest BCUT2D eigenvalue weighted by atomic mass is 32.2. The minimum atomic E-state index is -4.02. The van der Waals surface area contributed by atoms with Crippen LogP contribution in [0.25, 0.3) is 0 Å². The van der Waals surface area contributed by atoms with Crippen LogP contribution >= 0.6 is 0 Å².